The molecule has 0 unspecified atom stereocenters. The molecule has 0 aliphatic heterocycles. The van der Waals surface area contributed by atoms with E-state index < -0.39 is 10.0 Å². The van der Waals surface area contributed by atoms with E-state index in [0.717, 1.165) is 21.8 Å². The number of hydrogen-bond acceptors (Lipinski definition) is 5. The third kappa shape index (κ3) is 5.62. The molecule has 4 aromatic rings. The molecule has 2 N–H and O–H groups in total. The Hall–Kier alpha value is -3.69. The van der Waals surface area contributed by atoms with Crippen LogP contribution in [0.3, 0.4) is 0 Å². The van der Waals surface area contributed by atoms with Crippen LogP contribution in [0.15, 0.2) is 78.3 Å². The first-order chi connectivity index (χ1) is 16.3. The van der Waals surface area contributed by atoms with Crippen molar-refractivity contribution in [3.8, 4) is 16.3 Å². The summed E-state index contributed by atoms with van der Waals surface area (Å²) in [4.78, 5) is 13.6. The number of thiophene rings is 1. The lowest BCUT2D eigenvalue weighted by Gasteiger charge is -2.11. The van der Waals surface area contributed by atoms with Crippen LogP contribution in [0.2, 0.25) is 0 Å². The lowest BCUT2D eigenvalue weighted by atomic mass is 10.2. The van der Waals surface area contributed by atoms with E-state index in [9.17, 15) is 13.2 Å². The van der Waals surface area contributed by atoms with Gasteiger partial charge in [-0.25, -0.2) is 13.1 Å². The number of nitrogens with zero attached hydrogens (tertiary/aromatic N) is 2. The second-order valence-corrected chi connectivity index (χ2v) is 10.5. The summed E-state index contributed by atoms with van der Waals surface area (Å²) in [6.45, 7) is 3.36. The van der Waals surface area contributed by atoms with Gasteiger partial charge in [-0.3, -0.25) is 9.52 Å². The van der Waals surface area contributed by atoms with Gasteiger partial charge in [0, 0.05) is 23.5 Å². The van der Waals surface area contributed by atoms with Gasteiger partial charge >= 0.3 is 0 Å². The number of nitrogens with one attached hydrogen (secondary N) is 2. The fraction of sp³-hybridized carbons (Fsp3) is 0.120. The average molecular weight is 493 g/mol. The zero-order chi connectivity index (χ0) is 24.1. The fourth-order valence-corrected chi connectivity index (χ4v) is 4.71. The maximum absolute atomic E-state index is 12.6. The molecular formula is C25H24N4O3S2. The summed E-state index contributed by atoms with van der Waals surface area (Å²) in [5.41, 5.74) is 4.32. The smallest absolute Gasteiger partial charge is 0.248 e. The molecular weight excluding hydrogens is 468 g/mol. The Kier molecular flexibility index (Phi) is 6.95. The van der Waals surface area contributed by atoms with Crippen molar-refractivity contribution in [2.75, 3.05) is 15.8 Å². The van der Waals surface area contributed by atoms with E-state index in [2.05, 4.69) is 10.0 Å². The van der Waals surface area contributed by atoms with Gasteiger partial charge in [0.2, 0.25) is 15.9 Å². The second kappa shape index (κ2) is 10.1. The third-order valence-electron chi connectivity index (χ3n) is 5.07. The number of carbonyl (C=O) groups excluding carboxylic acids is 1. The van der Waals surface area contributed by atoms with E-state index in [1.807, 2.05) is 54.0 Å². The number of para-hydroxylation sites is 1. The molecule has 2 heterocycles. The zero-order valence-electron chi connectivity index (χ0n) is 18.7. The fourth-order valence-electron chi connectivity index (χ4n) is 3.27. The van der Waals surface area contributed by atoms with Crippen LogP contribution in [0, 0.1) is 6.92 Å². The molecule has 0 aliphatic rings. The highest BCUT2D eigenvalue weighted by molar-refractivity contribution is 7.92. The molecule has 4 rings (SSSR count). The minimum absolute atomic E-state index is 0.00988. The van der Waals surface area contributed by atoms with Crippen LogP contribution in [0.25, 0.3) is 22.3 Å². The van der Waals surface area contributed by atoms with E-state index in [0.29, 0.717) is 16.9 Å². The molecule has 0 radical (unpaired) electrons. The quantitative estimate of drug-likeness (QED) is 0.326. The van der Waals surface area contributed by atoms with Crippen LogP contribution in [0.5, 0.6) is 0 Å². The first kappa shape index (κ1) is 23.5. The van der Waals surface area contributed by atoms with Crippen molar-refractivity contribution >= 4 is 44.7 Å². The van der Waals surface area contributed by atoms with Crippen LogP contribution in [0.1, 0.15) is 18.1 Å². The number of sulfonamides is 1. The van der Waals surface area contributed by atoms with Crippen molar-refractivity contribution in [3.05, 3.63) is 89.4 Å². The molecule has 0 bridgehead atoms. The zero-order valence-corrected chi connectivity index (χ0v) is 20.4. The number of anilines is 2. The Morgan fingerprint density at radius 2 is 1.91 bits per heavy atom. The summed E-state index contributed by atoms with van der Waals surface area (Å²) >= 11 is 1.58. The molecule has 0 saturated heterocycles. The second-order valence-electron chi connectivity index (χ2n) is 7.55. The highest BCUT2D eigenvalue weighted by Gasteiger charge is 2.12. The third-order valence-corrected chi connectivity index (χ3v) is 7.24. The van der Waals surface area contributed by atoms with E-state index in [4.69, 9.17) is 5.10 Å². The molecule has 174 valence electrons. The molecule has 0 atom stereocenters. The van der Waals surface area contributed by atoms with Crippen LogP contribution >= 0.6 is 11.3 Å². The standard InChI is InChI=1S/C25H24N4O3S2/c1-3-34(31,32)28-22-13-12-20(16-18(22)2)26-24(30)14-11-19-17-29(21-8-5-4-6-9-21)27-25(19)23-10-7-15-33-23/h4-17,28H,3H2,1-2H3,(H,26,30)/b14-11+. The van der Waals surface area contributed by atoms with Crippen LogP contribution < -0.4 is 10.0 Å². The first-order valence-corrected chi connectivity index (χ1v) is 13.2. The van der Waals surface area contributed by atoms with E-state index >= 15 is 0 Å². The Balaban J connectivity index is 1.53. The lowest BCUT2D eigenvalue weighted by Crippen LogP contribution is -2.15. The minimum atomic E-state index is -3.37. The Bertz CT molecular complexity index is 1420. The molecule has 7 nitrogen and oxygen atoms in total. The molecule has 0 fully saturated rings. The van der Waals surface area contributed by atoms with Gasteiger partial charge in [-0.05, 0) is 67.3 Å². The van der Waals surface area contributed by atoms with Crippen LogP contribution in [-0.2, 0) is 14.8 Å². The van der Waals surface area contributed by atoms with Crippen molar-refractivity contribution in [1.82, 2.24) is 9.78 Å². The minimum Gasteiger partial charge on any atom is -0.323 e. The number of hydrogen-bond donors (Lipinski definition) is 2. The highest BCUT2D eigenvalue weighted by atomic mass is 32.2. The molecule has 1 amide bonds. The summed E-state index contributed by atoms with van der Waals surface area (Å²) < 4.78 is 28.0. The predicted octanol–water partition coefficient (Wildman–Crippen LogP) is 5.32. The van der Waals surface area contributed by atoms with Gasteiger partial charge in [-0.1, -0.05) is 24.3 Å². The van der Waals surface area contributed by atoms with Gasteiger partial charge in [0.15, 0.2) is 0 Å². The van der Waals surface area contributed by atoms with Gasteiger partial charge in [0.05, 0.1) is 22.0 Å². The highest BCUT2D eigenvalue weighted by Crippen LogP contribution is 2.28. The lowest BCUT2D eigenvalue weighted by molar-refractivity contribution is -0.111. The van der Waals surface area contributed by atoms with Crippen LogP contribution in [-0.4, -0.2) is 29.9 Å². The number of carbonyl (C=O) groups is 1. The van der Waals surface area contributed by atoms with Gasteiger partial charge in [-0.2, -0.15) is 5.10 Å². The molecule has 0 spiro atoms. The number of rotatable bonds is 8. The number of benzene rings is 2. The summed E-state index contributed by atoms with van der Waals surface area (Å²) in [7, 11) is -3.37. The molecule has 0 aliphatic carbocycles. The summed E-state index contributed by atoms with van der Waals surface area (Å²) in [6.07, 6.45) is 5.10. The monoisotopic (exact) mass is 492 g/mol. The van der Waals surface area contributed by atoms with Gasteiger partial charge < -0.3 is 5.32 Å². The van der Waals surface area contributed by atoms with Gasteiger partial charge in [-0.15, -0.1) is 11.3 Å². The normalized spacial score (nSPS) is 11.6. The maximum Gasteiger partial charge on any atom is 0.248 e. The molecule has 34 heavy (non-hydrogen) atoms. The van der Waals surface area contributed by atoms with E-state index in [-0.39, 0.29) is 11.7 Å². The van der Waals surface area contributed by atoms with Gasteiger partial charge in [0.1, 0.15) is 5.69 Å². The van der Waals surface area contributed by atoms with Crippen molar-refractivity contribution in [2.45, 2.75) is 13.8 Å². The van der Waals surface area contributed by atoms with Crippen molar-refractivity contribution in [3.63, 3.8) is 0 Å². The Morgan fingerprint density at radius 1 is 1.12 bits per heavy atom. The number of aryl methyl sites for hydroxylation is 1. The molecule has 9 heteroatoms. The average Bonchev–Trinajstić information content (AvgIpc) is 3.50. The number of amides is 1. The topological polar surface area (TPSA) is 93.1 Å². The maximum atomic E-state index is 12.6. The first-order valence-electron chi connectivity index (χ1n) is 10.6. The van der Waals surface area contributed by atoms with Crippen LogP contribution in [0.4, 0.5) is 11.4 Å². The molecule has 0 saturated carbocycles. The van der Waals surface area contributed by atoms with E-state index in [1.165, 1.54) is 6.08 Å². The SMILES string of the molecule is CCS(=O)(=O)Nc1ccc(NC(=O)/C=C/c2cn(-c3ccccc3)nc2-c2cccs2)cc1C. The summed E-state index contributed by atoms with van der Waals surface area (Å²) in [5.74, 6) is -0.310. The molecule has 2 aromatic carbocycles. The Labute approximate surface area is 202 Å². The number of aromatic nitrogens is 2. The van der Waals surface area contributed by atoms with Crippen molar-refractivity contribution < 1.29 is 13.2 Å². The van der Waals surface area contributed by atoms with Crippen molar-refractivity contribution in [1.29, 1.82) is 0 Å². The molecule has 2 aromatic heterocycles. The summed E-state index contributed by atoms with van der Waals surface area (Å²) in [6, 6.07) is 18.8. The summed E-state index contributed by atoms with van der Waals surface area (Å²) in [5, 5.41) is 9.54. The van der Waals surface area contributed by atoms with E-state index in [1.54, 1.807) is 54.1 Å². The van der Waals surface area contributed by atoms with Crippen molar-refractivity contribution in [2.24, 2.45) is 0 Å². The Morgan fingerprint density at radius 3 is 2.59 bits per heavy atom. The largest absolute Gasteiger partial charge is 0.323 e. The van der Waals surface area contributed by atoms with Gasteiger partial charge in [0.25, 0.3) is 0 Å². The predicted molar refractivity (Wildman–Crippen MR) is 139 cm³/mol.